The van der Waals surface area contributed by atoms with Crippen LogP contribution < -0.4 is 11.1 Å². The van der Waals surface area contributed by atoms with Crippen LogP contribution in [0.25, 0.3) is 0 Å². The Bertz CT molecular complexity index is 281. The van der Waals surface area contributed by atoms with Gasteiger partial charge in [-0.3, -0.25) is 9.59 Å². The molecule has 17 heavy (non-hydrogen) atoms. The van der Waals surface area contributed by atoms with Crippen LogP contribution in [0, 0.1) is 0 Å². The van der Waals surface area contributed by atoms with Gasteiger partial charge in [-0.25, -0.2) is 0 Å². The summed E-state index contributed by atoms with van der Waals surface area (Å²) in [5.74, 6) is -0.165. The molecule has 0 aromatic heterocycles. The second kappa shape index (κ2) is 6.59. The van der Waals surface area contributed by atoms with Gasteiger partial charge in [0.2, 0.25) is 11.8 Å². The third-order valence-electron chi connectivity index (χ3n) is 3.25. The van der Waals surface area contributed by atoms with Gasteiger partial charge in [-0.05, 0) is 25.7 Å². The Morgan fingerprint density at radius 1 is 1.47 bits per heavy atom. The van der Waals surface area contributed by atoms with Crippen LogP contribution >= 0.6 is 0 Å². The maximum atomic E-state index is 12.1. The molecule has 0 radical (unpaired) electrons. The molecule has 0 saturated carbocycles. The van der Waals surface area contributed by atoms with Crippen LogP contribution in [0.3, 0.4) is 0 Å². The van der Waals surface area contributed by atoms with Gasteiger partial charge in [-0.2, -0.15) is 0 Å². The minimum atomic E-state index is -0.467. The van der Waals surface area contributed by atoms with E-state index in [1.165, 1.54) is 0 Å². The SMILES string of the molecule is CCCC(N)C(=O)N1CCCCC1C(=O)NC. The molecule has 3 N–H and O–H groups in total. The normalized spacial score (nSPS) is 22.1. The van der Waals surface area contributed by atoms with Crippen LogP contribution in [0.1, 0.15) is 39.0 Å². The summed E-state index contributed by atoms with van der Waals surface area (Å²) in [7, 11) is 1.60. The summed E-state index contributed by atoms with van der Waals surface area (Å²) in [6.07, 6.45) is 4.24. The standard InChI is InChI=1S/C12H23N3O2/c1-3-6-9(13)12(17)15-8-5-4-7-10(15)11(16)14-2/h9-10H,3-8,13H2,1-2H3,(H,14,16). The molecule has 1 saturated heterocycles. The van der Waals surface area contributed by atoms with E-state index in [1.54, 1.807) is 11.9 Å². The van der Waals surface area contributed by atoms with Crippen LogP contribution in [0.2, 0.25) is 0 Å². The lowest BCUT2D eigenvalue weighted by Crippen LogP contribution is -2.55. The van der Waals surface area contributed by atoms with E-state index in [0.717, 1.165) is 25.7 Å². The quantitative estimate of drug-likeness (QED) is 0.740. The summed E-state index contributed by atoms with van der Waals surface area (Å²) in [5, 5.41) is 2.62. The van der Waals surface area contributed by atoms with Crippen molar-refractivity contribution in [2.75, 3.05) is 13.6 Å². The summed E-state index contributed by atoms with van der Waals surface area (Å²) in [5.41, 5.74) is 5.84. The molecule has 1 aliphatic heterocycles. The van der Waals surface area contributed by atoms with Crippen molar-refractivity contribution < 1.29 is 9.59 Å². The third-order valence-corrected chi connectivity index (χ3v) is 3.25. The summed E-state index contributed by atoms with van der Waals surface area (Å²) in [6.45, 7) is 2.65. The number of nitrogens with one attached hydrogen (secondary N) is 1. The van der Waals surface area contributed by atoms with Gasteiger partial charge < -0.3 is 16.0 Å². The zero-order valence-electron chi connectivity index (χ0n) is 10.7. The van der Waals surface area contributed by atoms with Crippen molar-refractivity contribution in [2.45, 2.75) is 51.1 Å². The summed E-state index contributed by atoms with van der Waals surface area (Å²) in [6, 6.07) is -0.797. The first kappa shape index (κ1) is 14.0. The second-order valence-electron chi connectivity index (χ2n) is 4.55. The number of likely N-dealkylation sites (tertiary alicyclic amines) is 1. The van der Waals surface area contributed by atoms with Crippen molar-refractivity contribution in [3.63, 3.8) is 0 Å². The number of nitrogens with zero attached hydrogens (tertiary/aromatic N) is 1. The fourth-order valence-electron chi connectivity index (χ4n) is 2.28. The van der Waals surface area contributed by atoms with Crippen molar-refractivity contribution in [3.8, 4) is 0 Å². The summed E-state index contributed by atoms with van der Waals surface area (Å²) >= 11 is 0. The fraction of sp³-hybridized carbons (Fsp3) is 0.833. The van der Waals surface area contributed by atoms with E-state index < -0.39 is 6.04 Å². The van der Waals surface area contributed by atoms with Crippen molar-refractivity contribution >= 4 is 11.8 Å². The highest BCUT2D eigenvalue weighted by atomic mass is 16.2. The summed E-state index contributed by atoms with van der Waals surface area (Å²) < 4.78 is 0. The van der Waals surface area contributed by atoms with Crippen molar-refractivity contribution in [1.29, 1.82) is 0 Å². The molecule has 0 bridgehead atoms. The van der Waals surface area contributed by atoms with Gasteiger partial charge in [0.05, 0.1) is 6.04 Å². The van der Waals surface area contributed by atoms with Crippen molar-refractivity contribution in [2.24, 2.45) is 5.73 Å². The van der Waals surface area contributed by atoms with E-state index in [4.69, 9.17) is 5.73 Å². The van der Waals surface area contributed by atoms with E-state index in [9.17, 15) is 9.59 Å². The highest BCUT2D eigenvalue weighted by Crippen LogP contribution is 2.18. The number of hydrogen-bond donors (Lipinski definition) is 2. The number of rotatable bonds is 4. The number of likely N-dealkylation sites (N-methyl/N-ethyl adjacent to an activating group) is 1. The minimum absolute atomic E-state index is 0.0817. The molecule has 98 valence electrons. The van der Waals surface area contributed by atoms with E-state index in [0.29, 0.717) is 13.0 Å². The number of amides is 2. The molecular formula is C12H23N3O2. The molecule has 0 aliphatic carbocycles. The Morgan fingerprint density at radius 2 is 2.18 bits per heavy atom. The Morgan fingerprint density at radius 3 is 2.76 bits per heavy atom. The molecule has 0 aromatic rings. The highest BCUT2D eigenvalue weighted by Gasteiger charge is 2.33. The molecule has 5 heteroatoms. The molecule has 2 atom stereocenters. The zero-order valence-corrected chi connectivity index (χ0v) is 10.7. The average molecular weight is 241 g/mol. The van der Waals surface area contributed by atoms with Crippen LogP contribution in [0.4, 0.5) is 0 Å². The predicted molar refractivity (Wildman–Crippen MR) is 66.3 cm³/mol. The van der Waals surface area contributed by atoms with Gasteiger partial charge in [0.1, 0.15) is 6.04 Å². The monoisotopic (exact) mass is 241 g/mol. The molecule has 2 amide bonds. The second-order valence-corrected chi connectivity index (χ2v) is 4.55. The number of piperidine rings is 1. The van der Waals surface area contributed by atoms with Gasteiger partial charge in [0.25, 0.3) is 0 Å². The van der Waals surface area contributed by atoms with E-state index in [1.807, 2.05) is 6.92 Å². The first-order valence-electron chi connectivity index (χ1n) is 6.39. The first-order valence-corrected chi connectivity index (χ1v) is 6.39. The molecule has 1 aliphatic rings. The van der Waals surface area contributed by atoms with Crippen LogP contribution in [-0.2, 0) is 9.59 Å². The van der Waals surface area contributed by atoms with Gasteiger partial charge in [-0.1, -0.05) is 13.3 Å². The highest BCUT2D eigenvalue weighted by molar-refractivity contribution is 5.89. The predicted octanol–water partition coefficient (Wildman–Crippen LogP) is 0.241. The lowest BCUT2D eigenvalue weighted by atomic mass is 9.99. The van der Waals surface area contributed by atoms with Gasteiger partial charge >= 0.3 is 0 Å². The number of nitrogens with two attached hydrogens (primary N) is 1. The number of carbonyl (C=O) groups excluding carboxylic acids is 2. The fourth-order valence-corrected chi connectivity index (χ4v) is 2.28. The topological polar surface area (TPSA) is 75.4 Å². The Labute approximate surface area is 103 Å². The molecule has 0 aromatic carbocycles. The van der Waals surface area contributed by atoms with Gasteiger partial charge in [0, 0.05) is 13.6 Å². The first-order chi connectivity index (χ1) is 8.11. The molecule has 5 nitrogen and oxygen atoms in total. The molecular weight excluding hydrogens is 218 g/mol. The lowest BCUT2D eigenvalue weighted by Gasteiger charge is -2.35. The third kappa shape index (κ3) is 3.43. The Hall–Kier alpha value is -1.10. The van der Waals surface area contributed by atoms with Crippen LogP contribution in [0.5, 0.6) is 0 Å². The molecule has 1 heterocycles. The molecule has 1 fully saturated rings. The van der Waals surface area contributed by atoms with Crippen LogP contribution in [0.15, 0.2) is 0 Å². The average Bonchev–Trinajstić information content (AvgIpc) is 2.37. The number of hydrogen-bond acceptors (Lipinski definition) is 3. The van der Waals surface area contributed by atoms with E-state index in [-0.39, 0.29) is 17.9 Å². The molecule has 2 unspecified atom stereocenters. The minimum Gasteiger partial charge on any atom is -0.357 e. The maximum Gasteiger partial charge on any atom is 0.242 e. The number of carbonyl (C=O) groups is 2. The van der Waals surface area contributed by atoms with Crippen molar-refractivity contribution in [3.05, 3.63) is 0 Å². The maximum absolute atomic E-state index is 12.1. The van der Waals surface area contributed by atoms with E-state index in [2.05, 4.69) is 5.32 Å². The summed E-state index contributed by atoms with van der Waals surface area (Å²) in [4.78, 5) is 25.5. The van der Waals surface area contributed by atoms with Gasteiger partial charge in [-0.15, -0.1) is 0 Å². The van der Waals surface area contributed by atoms with Gasteiger partial charge in [0.15, 0.2) is 0 Å². The smallest absolute Gasteiger partial charge is 0.242 e. The zero-order chi connectivity index (χ0) is 12.8. The Kier molecular flexibility index (Phi) is 5.41. The lowest BCUT2D eigenvalue weighted by molar-refractivity contribution is -0.143. The Balaban J connectivity index is 2.70. The molecule has 1 rings (SSSR count). The molecule has 0 spiro atoms. The van der Waals surface area contributed by atoms with Crippen LogP contribution in [-0.4, -0.2) is 42.4 Å². The van der Waals surface area contributed by atoms with E-state index >= 15 is 0 Å². The largest absolute Gasteiger partial charge is 0.357 e. The van der Waals surface area contributed by atoms with Crippen molar-refractivity contribution in [1.82, 2.24) is 10.2 Å².